The highest BCUT2D eigenvalue weighted by Gasteiger charge is 2.41. The molecule has 2 aliphatic heterocycles. The number of carbonyl (C=O) groups excluding carboxylic acids is 3. The van der Waals surface area contributed by atoms with E-state index in [1.807, 2.05) is 13.8 Å². The van der Waals surface area contributed by atoms with Crippen molar-refractivity contribution in [1.29, 1.82) is 0 Å². The molecule has 0 radical (unpaired) electrons. The summed E-state index contributed by atoms with van der Waals surface area (Å²) in [6.45, 7) is 10.2. The molecule has 0 saturated carbocycles. The number of ether oxygens (including phenoxy) is 1. The Morgan fingerprint density at radius 2 is 2.00 bits per heavy atom. The van der Waals surface area contributed by atoms with E-state index in [1.54, 1.807) is 48.8 Å². The monoisotopic (exact) mass is 488 g/mol. The molecule has 10 heteroatoms. The SMILES string of the molecule is CCC(=O)NCCN1C(=O)C(C)(C)Oc2ccc(C(=O)N(C(C)C)[C@@H]3CCCN(C(=O)O)C3)cc21. The van der Waals surface area contributed by atoms with E-state index in [2.05, 4.69) is 5.32 Å². The van der Waals surface area contributed by atoms with E-state index in [0.29, 0.717) is 36.4 Å². The third kappa shape index (κ3) is 5.68. The third-order valence-electron chi connectivity index (χ3n) is 6.45. The Balaban J connectivity index is 1.90. The standard InChI is InChI=1S/C25H36N4O6/c1-6-21(30)26-11-13-28-19-14-17(9-10-20(19)35-25(4,5)23(28)32)22(31)29(16(2)3)18-8-7-12-27(15-18)24(33)34/h9-10,14,16,18H,6-8,11-13,15H2,1-5H3,(H,26,30)(H,33,34)/t18-/m1/s1. The molecule has 1 aromatic rings. The van der Waals surface area contributed by atoms with Gasteiger partial charge in [0.25, 0.3) is 11.8 Å². The van der Waals surface area contributed by atoms with Crippen LogP contribution in [-0.2, 0) is 9.59 Å². The predicted octanol–water partition coefficient (Wildman–Crippen LogP) is 2.71. The van der Waals surface area contributed by atoms with Crippen LogP contribution < -0.4 is 15.0 Å². The fraction of sp³-hybridized carbons (Fsp3) is 0.600. The molecule has 0 aliphatic carbocycles. The molecule has 10 nitrogen and oxygen atoms in total. The summed E-state index contributed by atoms with van der Waals surface area (Å²) in [4.78, 5) is 54.6. The number of nitrogens with one attached hydrogen (secondary N) is 1. The molecule has 0 aromatic heterocycles. The Morgan fingerprint density at radius 1 is 1.29 bits per heavy atom. The van der Waals surface area contributed by atoms with Gasteiger partial charge in [0.15, 0.2) is 5.60 Å². The topological polar surface area (TPSA) is 119 Å². The Kier molecular flexibility index (Phi) is 7.92. The summed E-state index contributed by atoms with van der Waals surface area (Å²) in [5.41, 5.74) is -0.214. The average Bonchev–Trinajstić information content (AvgIpc) is 2.81. The minimum atomic E-state index is -1.08. The first-order chi connectivity index (χ1) is 16.5. The maximum absolute atomic E-state index is 13.7. The van der Waals surface area contributed by atoms with Crippen LogP contribution in [0.3, 0.4) is 0 Å². The zero-order valence-corrected chi connectivity index (χ0v) is 21.2. The van der Waals surface area contributed by atoms with Crippen LogP contribution in [0.25, 0.3) is 0 Å². The lowest BCUT2D eigenvalue weighted by atomic mass is 9.99. The Hall–Kier alpha value is -3.30. The molecule has 35 heavy (non-hydrogen) atoms. The van der Waals surface area contributed by atoms with Crippen LogP contribution in [0.4, 0.5) is 10.5 Å². The zero-order valence-electron chi connectivity index (χ0n) is 21.2. The van der Waals surface area contributed by atoms with Gasteiger partial charge in [0.1, 0.15) is 5.75 Å². The molecule has 2 N–H and O–H groups in total. The second-order valence-electron chi connectivity index (χ2n) is 9.79. The van der Waals surface area contributed by atoms with Crippen molar-refractivity contribution in [3.63, 3.8) is 0 Å². The van der Waals surface area contributed by atoms with Crippen LogP contribution in [-0.4, -0.2) is 82.6 Å². The van der Waals surface area contributed by atoms with Crippen molar-refractivity contribution in [2.75, 3.05) is 31.1 Å². The van der Waals surface area contributed by atoms with Gasteiger partial charge in [-0.25, -0.2) is 4.79 Å². The van der Waals surface area contributed by atoms with Crippen LogP contribution in [0.5, 0.6) is 5.75 Å². The van der Waals surface area contributed by atoms with Crippen molar-refractivity contribution in [2.45, 2.75) is 71.6 Å². The molecule has 1 atom stereocenters. The van der Waals surface area contributed by atoms with E-state index in [-0.39, 0.29) is 49.4 Å². The highest BCUT2D eigenvalue weighted by Crippen LogP contribution is 2.38. The van der Waals surface area contributed by atoms with Crippen molar-refractivity contribution in [2.24, 2.45) is 0 Å². The van der Waals surface area contributed by atoms with Crippen LogP contribution in [0.2, 0.25) is 0 Å². The lowest BCUT2D eigenvalue weighted by Gasteiger charge is -2.41. The second-order valence-corrected chi connectivity index (χ2v) is 9.79. The summed E-state index contributed by atoms with van der Waals surface area (Å²) >= 11 is 0. The average molecular weight is 489 g/mol. The molecule has 0 bridgehead atoms. The molecule has 0 unspecified atom stereocenters. The minimum absolute atomic E-state index is 0.107. The van der Waals surface area contributed by atoms with Crippen molar-refractivity contribution in [1.82, 2.24) is 15.1 Å². The summed E-state index contributed by atoms with van der Waals surface area (Å²) in [6, 6.07) is 4.64. The van der Waals surface area contributed by atoms with Crippen LogP contribution in [0, 0.1) is 0 Å². The number of fused-ring (bicyclic) bond motifs is 1. The molecule has 0 spiro atoms. The first-order valence-corrected chi connectivity index (χ1v) is 12.2. The summed E-state index contributed by atoms with van der Waals surface area (Å²) in [5.74, 6) is -0.106. The molecule has 3 rings (SSSR count). The molecule has 1 aromatic carbocycles. The Morgan fingerprint density at radius 3 is 2.63 bits per heavy atom. The molecule has 1 fully saturated rings. The van der Waals surface area contributed by atoms with Gasteiger partial charge in [-0.3, -0.25) is 14.4 Å². The van der Waals surface area contributed by atoms with Gasteiger partial charge >= 0.3 is 6.09 Å². The fourth-order valence-electron chi connectivity index (χ4n) is 4.68. The zero-order chi connectivity index (χ0) is 25.9. The number of benzene rings is 1. The van der Waals surface area contributed by atoms with Gasteiger partial charge < -0.3 is 29.9 Å². The van der Waals surface area contributed by atoms with Crippen LogP contribution in [0.15, 0.2) is 18.2 Å². The summed E-state index contributed by atoms with van der Waals surface area (Å²) in [5, 5.41) is 12.2. The highest BCUT2D eigenvalue weighted by atomic mass is 16.5. The molecule has 1 saturated heterocycles. The first-order valence-electron chi connectivity index (χ1n) is 12.2. The van der Waals surface area contributed by atoms with E-state index in [4.69, 9.17) is 4.74 Å². The third-order valence-corrected chi connectivity index (χ3v) is 6.45. The Bertz CT molecular complexity index is 992. The normalized spacial score (nSPS) is 19.1. The van der Waals surface area contributed by atoms with E-state index in [9.17, 15) is 24.3 Å². The smallest absolute Gasteiger partial charge is 0.407 e. The lowest BCUT2D eigenvalue weighted by molar-refractivity contribution is -0.132. The number of nitrogens with zero attached hydrogens (tertiary/aromatic N) is 3. The van der Waals surface area contributed by atoms with Gasteiger partial charge in [-0.1, -0.05) is 6.92 Å². The van der Waals surface area contributed by atoms with Gasteiger partial charge in [-0.2, -0.15) is 0 Å². The van der Waals surface area contributed by atoms with Gasteiger partial charge in [-0.15, -0.1) is 0 Å². The number of hydrogen-bond acceptors (Lipinski definition) is 5. The minimum Gasteiger partial charge on any atom is -0.476 e. The maximum atomic E-state index is 13.7. The molecule has 192 valence electrons. The summed E-state index contributed by atoms with van der Waals surface area (Å²) in [6.07, 6.45) is 0.775. The fourth-order valence-corrected chi connectivity index (χ4v) is 4.68. The number of anilines is 1. The number of amides is 4. The molecular formula is C25H36N4O6. The van der Waals surface area contributed by atoms with Crippen molar-refractivity contribution in [3.05, 3.63) is 23.8 Å². The Labute approximate surface area is 206 Å². The van der Waals surface area contributed by atoms with Crippen LogP contribution in [0.1, 0.15) is 64.2 Å². The van der Waals surface area contributed by atoms with E-state index >= 15 is 0 Å². The summed E-state index contributed by atoms with van der Waals surface area (Å²) < 4.78 is 5.93. The lowest BCUT2D eigenvalue weighted by Crippen LogP contribution is -2.54. The molecule has 4 amide bonds. The van der Waals surface area contributed by atoms with E-state index in [0.717, 1.165) is 6.42 Å². The maximum Gasteiger partial charge on any atom is 0.407 e. The van der Waals surface area contributed by atoms with Gasteiger partial charge in [-0.05, 0) is 58.7 Å². The van der Waals surface area contributed by atoms with Crippen molar-refractivity contribution < 1.29 is 29.0 Å². The van der Waals surface area contributed by atoms with Gasteiger partial charge in [0.2, 0.25) is 5.91 Å². The first kappa shape index (κ1) is 26.3. The number of rotatable bonds is 7. The molecular weight excluding hydrogens is 452 g/mol. The quantitative estimate of drug-likeness (QED) is 0.609. The molecule has 2 aliphatic rings. The second kappa shape index (κ2) is 10.5. The number of carbonyl (C=O) groups is 4. The van der Waals surface area contributed by atoms with E-state index in [1.165, 1.54) is 4.90 Å². The highest BCUT2D eigenvalue weighted by molar-refractivity contribution is 6.04. The number of piperidine rings is 1. The van der Waals surface area contributed by atoms with Crippen LogP contribution >= 0.6 is 0 Å². The number of likely N-dealkylation sites (tertiary alicyclic amines) is 1. The largest absolute Gasteiger partial charge is 0.476 e. The van der Waals surface area contributed by atoms with Crippen molar-refractivity contribution in [3.8, 4) is 5.75 Å². The van der Waals surface area contributed by atoms with Gasteiger partial charge in [0, 0.05) is 44.2 Å². The number of carboxylic acid groups (broad SMARTS) is 1. The summed E-state index contributed by atoms with van der Waals surface area (Å²) in [7, 11) is 0. The van der Waals surface area contributed by atoms with Gasteiger partial charge in [0.05, 0.1) is 11.7 Å². The number of hydrogen-bond donors (Lipinski definition) is 2. The van der Waals surface area contributed by atoms with E-state index < -0.39 is 11.7 Å². The molecule has 2 heterocycles. The van der Waals surface area contributed by atoms with Crippen molar-refractivity contribution >= 4 is 29.5 Å². The predicted molar refractivity (Wildman–Crippen MR) is 131 cm³/mol.